The van der Waals surface area contributed by atoms with E-state index in [2.05, 4.69) is 53.1 Å². The first-order valence-electron chi connectivity index (χ1n) is 5.86. The molecule has 0 aliphatic carbocycles. The van der Waals surface area contributed by atoms with Crippen molar-refractivity contribution in [3.8, 4) is 0 Å². The molecule has 1 aromatic heterocycles. The number of aromatic nitrogens is 1. The Hall–Kier alpha value is -0.280. The molecule has 96 valence electrons. The third-order valence-electron chi connectivity index (χ3n) is 2.77. The van der Waals surface area contributed by atoms with Crippen LogP contribution in [0.2, 0.25) is 0 Å². The number of hydrogen-bond acceptors (Lipinski definition) is 2. The summed E-state index contributed by atoms with van der Waals surface area (Å²) >= 11 is 9.15. The lowest BCUT2D eigenvalue weighted by Gasteiger charge is -2.25. The maximum Gasteiger partial charge on any atom is 0.128 e. The summed E-state index contributed by atoms with van der Waals surface area (Å²) in [4.78, 5) is 4.38. The van der Waals surface area contributed by atoms with Crippen molar-refractivity contribution in [2.24, 2.45) is 5.41 Å². The van der Waals surface area contributed by atoms with Crippen LogP contribution in [0.1, 0.15) is 32.3 Å². The summed E-state index contributed by atoms with van der Waals surface area (Å²) in [6.45, 7) is 7.48. The predicted octanol–water partition coefficient (Wildman–Crippen LogP) is 4.61. The molecule has 0 unspecified atom stereocenters. The fraction of sp³-hybridized carbons (Fsp3) is 0.615. The third kappa shape index (κ3) is 5.26. The Morgan fingerprint density at radius 3 is 2.76 bits per heavy atom. The molecule has 1 rings (SSSR count). The second kappa shape index (κ2) is 6.60. The maximum atomic E-state index is 5.73. The number of pyridine rings is 1. The third-order valence-corrected chi connectivity index (χ3v) is 3.47. The lowest BCUT2D eigenvalue weighted by atomic mass is 9.88. The molecule has 2 nitrogen and oxygen atoms in total. The molecule has 0 aliphatic rings. The van der Waals surface area contributed by atoms with Crippen LogP contribution in [0.3, 0.4) is 0 Å². The second-order valence-electron chi connectivity index (χ2n) is 5.13. The molecule has 0 saturated carbocycles. The predicted molar refractivity (Wildman–Crippen MR) is 78.9 cm³/mol. The van der Waals surface area contributed by atoms with Crippen LogP contribution in [0.25, 0.3) is 0 Å². The van der Waals surface area contributed by atoms with E-state index in [9.17, 15) is 0 Å². The number of rotatable bonds is 6. The highest BCUT2D eigenvalue weighted by atomic mass is 79.9. The molecule has 4 heteroatoms. The van der Waals surface area contributed by atoms with E-state index < -0.39 is 0 Å². The summed E-state index contributed by atoms with van der Waals surface area (Å²) in [5.41, 5.74) is 1.41. The van der Waals surface area contributed by atoms with Gasteiger partial charge >= 0.3 is 0 Å². The first-order chi connectivity index (χ1) is 7.94. The van der Waals surface area contributed by atoms with Gasteiger partial charge in [0.1, 0.15) is 5.82 Å². The van der Waals surface area contributed by atoms with Crippen LogP contribution in [-0.2, 0) is 0 Å². The van der Waals surface area contributed by atoms with E-state index in [-0.39, 0.29) is 5.41 Å². The summed E-state index contributed by atoms with van der Waals surface area (Å²) in [5.74, 6) is 1.70. The molecule has 0 aliphatic heterocycles. The highest BCUT2D eigenvalue weighted by Gasteiger charge is 2.17. The minimum atomic E-state index is 0.246. The molecule has 0 amide bonds. The molecule has 0 saturated heterocycles. The minimum absolute atomic E-state index is 0.246. The highest BCUT2D eigenvalue weighted by molar-refractivity contribution is 9.10. The summed E-state index contributed by atoms with van der Waals surface area (Å²) in [7, 11) is 0. The normalized spacial score (nSPS) is 11.6. The number of anilines is 1. The van der Waals surface area contributed by atoms with Gasteiger partial charge in [0.05, 0.1) is 0 Å². The SMILES string of the molecule is Cc1cc(Br)cnc1NCC(C)(C)CCCCl. The quantitative estimate of drug-likeness (QED) is 0.775. The molecule has 0 spiro atoms. The van der Waals surface area contributed by atoms with Gasteiger partial charge in [0.15, 0.2) is 0 Å². The van der Waals surface area contributed by atoms with Gasteiger partial charge in [-0.3, -0.25) is 0 Å². The van der Waals surface area contributed by atoms with Crippen molar-refractivity contribution in [3.63, 3.8) is 0 Å². The Morgan fingerprint density at radius 2 is 2.18 bits per heavy atom. The van der Waals surface area contributed by atoms with E-state index in [4.69, 9.17) is 11.6 Å². The van der Waals surface area contributed by atoms with Crippen LogP contribution in [-0.4, -0.2) is 17.4 Å². The molecule has 17 heavy (non-hydrogen) atoms. The molecule has 1 aromatic rings. The maximum absolute atomic E-state index is 5.73. The molecule has 0 atom stereocenters. The van der Waals surface area contributed by atoms with Gasteiger partial charge in [-0.2, -0.15) is 0 Å². The number of aryl methyl sites for hydroxylation is 1. The van der Waals surface area contributed by atoms with Crippen LogP contribution >= 0.6 is 27.5 Å². The van der Waals surface area contributed by atoms with E-state index in [0.29, 0.717) is 0 Å². The number of alkyl halides is 1. The minimum Gasteiger partial charge on any atom is -0.369 e. The molecule has 0 aromatic carbocycles. The van der Waals surface area contributed by atoms with Gasteiger partial charge in [-0.05, 0) is 52.7 Å². The van der Waals surface area contributed by atoms with Crippen LogP contribution in [0.5, 0.6) is 0 Å². The van der Waals surface area contributed by atoms with Gasteiger partial charge in [0, 0.05) is 23.1 Å². The van der Waals surface area contributed by atoms with Gasteiger partial charge in [-0.25, -0.2) is 4.98 Å². The van der Waals surface area contributed by atoms with Crippen LogP contribution < -0.4 is 5.32 Å². The van der Waals surface area contributed by atoms with E-state index in [1.807, 2.05) is 6.20 Å². The Balaban J connectivity index is 2.54. The van der Waals surface area contributed by atoms with Crippen molar-refractivity contribution < 1.29 is 0 Å². The zero-order valence-corrected chi connectivity index (χ0v) is 13.0. The van der Waals surface area contributed by atoms with Crippen molar-refractivity contribution in [1.82, 2.24) is 4.98 Å². The number of nitrogens with zero attached hydrogens (tertiary/aromatic N) is 1. The van der Waals surface area contributed by atoms with Crippen LogP contribution in [0.4, 0.5) is 5.82 Å². The molecule has 1 heterocycles. The van der Waals surface area contributed by atoms with Gasteiger partial charge in [-0.15, -0.1) is 11.6 Å². The Kier molecular flexibility index (Phi) is 5.74. The zero-order chi connectivity index (χ0) is 12.9. The molecule has 0 fully saturated rings. The van der Waals surface area contributed by atoms with E-state index in [1.54, 1.807) is 0 Å². The summed E-state index contributed by atoms with van der Waals surface area (Å²) in [5, 5.41) is 3.41. The van der Waals surface area contributed by atoms with Gasteiger partial charge in [-0.1, -0.05) is 13.8 Å². The fourth-order valence-electron chi connectivity index (χ4n) is 1.68. The molecule has 0 bridgehead atoms. The molecule has 1 N–H and O–H groups in total. The Labute approximate surface area is 117 Å². The van der Waals surface area contributed by atoms with Crippen molar-refractivity contribution in [2.45, 2.75) is 33.6 Å². The Morgan fingerprint density at radius 1 is 1.47 bits per heavy atom. The number of hydrogen-bond donors (Lipinski definition) is 1. The topological polar surface area (TPSA) is 24.9 Å². The highest BCUT2D eigenvalue weighted by Crippen LogP contribution is 2.24. The van der Waals surface area contributed by atoms with Crippen molar-refractivity contribution in [2.75, 3.05) is 17.7 Å². The first-order valence-corrected chi connectivity index (χ1v) is 7.19. The van der Waals surface area contributed by atoms with Gasteiger partial charge in [0.25, 0.3) is 0 Å². The average molecular weight is 320 g/mol. The molecule has 0 radical (unpaired) electrons. The second-order valence-corrected chi connectivity index (χ2v) is 6.42. The zero-order valence-electron chi connectivity index (χ0n) is 10.7. The summed E-state index contributed by atoms with van der Waals surface area (Å²) in [6.07, 6.45) is 4.00. The largest absolute Gasteiger partial charge is 0.369 e. The summed E-state index contributed by atoms with van der Waals surface area (Å²) < 4.78 is 1.02. The number of halogens is 2. The first kappa shape index (κ1) is 14.8. The van der Waals surface area contributed by atoms with E-state index in [0.717, 1.165) is 41.1 Å². The van der Waals surface area contributed by atoms with Crippen molar-refractivity contribution in [3.05, 3.63) is 22.3 Å². The van der Waals surface area contributed by atoms with Crippen LogP contribution in [0.15, 0.2) is 16.7 Å². The smallest absolute Gasteiger partial charge is 0.128 e. The van der Waals surface area contributed by atoms with Gasteiger partial charge < -0.3 is 5.32 Å². The number of nitrogens with one attached hydrogen (secondary N) is 1. The Bertz CT molecular complexity index is 366. The lowest BCUT2D eigenvalue weighted by Crippen LogP contribution is -2.24. The standard InChI is InChI=1S/C13H20BrClN2/c1-10-7-11(14)8-16-12(10)17-9-13(2,3)5-4-6-15/h7-8H,4-6,9H2,1-3H3,(H,16,17). The van der Waals surface area contributed by atoms with Crippen molar-refractivity contribution >= 4 is 33.3 Å². The lowest BCUT2D eigenvalue weighted by molar-refractivity contribution is 0.355. The van der Waals surface area contributed by atoms with Crippen molar-refractivity contribution in [1.29, 1.82) is 0 Å². The van der Waals surface area contributed by atoms with E-state index in [1.165, 1.54) is 0 Å². The fourth-order valence-corrected chi connectivity index (χ4v) is 2.26. The monoisotopic (exact) mass is 318 g/mol. The van der Waals surface area contributed by atoms with E-state index >= 15 is 0 Å². The molecular formula is C13H20BrClN2. The van der Waals surface area contributed by atoms with Gasteiger partial charge in [0.2, 0.25) is 0 Å². The molecular weight excluding hydrogens is 300 g/mol. The van der Waals surface area contributed by atoms with Crippen LogP contribution in [0, 0.1) is 12.3 Å². The average Bonchev–Trinajstić information content (AvgIpc) is 2.25. The summed E-state index contributed by atoms with van der Waals surface area (Å²) in [6, 6.07) is 2.07.